The first-order valence-electron chi connectivity index (χ1n) is 15.6. The van der Waals surface area contributed by atoms with Crippen molar-refractivity contribution in [2.75, 3.05) is 6.61 Å². The van der Waals surface area contributed by atoms with E-state index in [2.05, 4.69) is 121 Å². The molecule has 2 aliphatic rings. The predicted octanol–water partition coefficient (Wildman–Crippen LogP) is 8.87. The fraction of sp³-hybridized carbons (Fsp3) is 0.657. The zero-order valence-corrected chi connectivity index (χ0v) is 30.8. The van der Waals surface area contributed by atoms with Crippen molar-refractivity contribution in [2.24, 2.45) is 0 Å². The topological polar surface area (TPSA) is 77.4 Å². The van der Waals surface area contributed by atoms with Crippen molar-refractivity contribution in [3.8, 4) is 0 Å². The Hall–Kier alpha value is -0.940. The van der Waals surface area contributed by atoms with Gasteiger partial charge >= 0.3 is 21.9 Å². The van der Waals surface area contributed by atoms with Gasteiger partial charge in [0.2, 0.25) is 0 Å². The molecule has 1 atom stereocenters. The van der Waals surface area contributed by atoms with Gasteiger partial charge in [0.15, 0.2) is 10.6 Å². The van der Waals surface area contributed by atoms with Crippen molar-refractivity contribution >= 4 is 26.5 Å². The molecule has 43 heavy (non-hydrogen) atoms. The van der Waals surface area contributed by atoms with Crippen molar-refractivity contribution in [2.45, 2.75) is 144 Å². The lowest BCUT2D eigenvalue weighted by Gasteiger charge is -2.44. The molecule has 240 valence electrons. The minimum atomic E-state index is -3.75. The van der Waals surface area contributed by atoms with Crippen molar-refractivity contribution in [1.82, 2.24) is 0 Å². The van der Waals surface area contributed by atoms with Gasteiger partial charge in [-0.3, -0.25) is 0 Å². The molecule has 1 unspecified atom stereocenters. The fourth-order valence-electron chi connectivity index (χ4n) is 6.06. The van der Waals surface area contributed by atoms with Gasteiger partial charge in [-0.25, -0.2) is 0 Å². The Morgan fingerprint density at radius 3 is 1.23 bits per heavy atom. The van der Waals surface area contributed by atoms with Crippen LogP contribution in [0, 0.1) is 13.8 Å². The van der Waals surface area contributed by atoms with Crippen LogP contribution in [0.1, 0.15) is 136 Å². The van der Waals surface area contributed by atoms with Gasteiger partial charge in [-0.2, -0.15) is 14.3 Å². The van der Waals surface area contributed by atoms with Crippen LogP contribution in [0.3, 0.4) is 0 Å². The summed E-state index contributed by atoms with van der Waals surface area (Å²) in [5.74, 6) is -1.62. The normalized spacial score (nSPS) is 27.5. The predicted molar refractivity (Wildman–Crippen MR) is 180 cm³/mol. The molecule has 2 saturated heterocycles. The van der Waals surface area contributed by atoms with Gasteiger partial charge in [-0.05, 0) is 48.3 Å². The molecule has 6 nitrogen and oxygen atoms in total. The molecule has 0 radical (unpaired) electrons. The molecule has 0 aliphatic carbocycles. The Bertz CT molecular complexity index is 1300. The van der Waals surface area contributed by atoms with Crippen LogP contribution >= 0.6 is 15.9 Å². The Kier molecular flexibility index (Phi) is 9.01. The van der Waals surface area contributed by atoms with E-state index in [1.54, 1.807) is 0 Å². The van der Waals surface area contributed by atoms with E-state index in [9.17, 15) is 9.79 Å². The molecule has 2 aromatic rings. The summed E-state index contributed by atoms with van der Waals surface area (Å²) in [6, 6.07) is 8.51. The third kappa shape index (κ3) is 6.93. The Morgan fingerprint density at radius 2 is 0.884 bits per heavy atom. The van der Waals surface area contributed by atoms with Crippen LogP contribution in [0.2, 0.25) is 0 Å². The molecule has 4 rings (SSSR count). The van der Waals surface area contributed by atoms with Gasteiger partial charge in [0, 0.05) is 28.7 Å². The second-order valence-corrected chi connectivity index (χ2v) is 20.5. The van der Waals surface area contributed by atoms with Crippen LogP contribution in [0.5, 0.6) is 0 Å². The summed E-state index contributed by atoms with van der Waals surface area (Å²) in [6.07, 6.45) is 1.80. The Morgan fingerprint density at radius 1 is 0.558 bits per heavy atom. The number of benzene rings is 2. The highest BCUT2D eigenvalue weighted by atomic mass is 31.2. The second-order valence-electron chi connectivity index (χ2n) is 16.7. The number of hydrogen-bond acceptors (Lipinski definition) is 6. The molecule has 2 aliphatic heterocycles. The highest BCUT2D eigenvalue weighted by Crippen LogP contribution is 2.77. The van der Waals surface area contributed by atoms with Crippen molar-refractivity contribution in [1.29, 1.82) is 0 Å². The molecule has 2 aromatic carbocycles. The lowest BCUT2D eigenvalue weighted by atomic mass is 9.79. The molecule has 0 bridgehead atoms. The van der Waals surface area contributed by atoms with Gasteiger partial charge in [-0.1, -0.05) is 132 Å². The number of rotatable bonds is 2. The lowest BCUT2D eigenvalue weighted by Crippen LogP contribution is -2.53. The summed E-state index contributed by atoms with van der Waals surface area (Å²) in [4.78, 5) is 24.9. The largest absolute Gasteiger partial charge is 0.458 e. The minimum absolute atomic E-state index is 0.268. The molecule has 1 spiro atoms. The summed E-state index contributed by atoms with van der Waals surface area (Å²) in [7, 11) is -7.32. The van der Waals surface area contributed by atoms with Crippen LogP contribution in [0.4, 0.5) is 0 Å². The molecule has 0 aromatic heterocycles. The standard InChI is InChI=1S/C35H56O6P2/c1-23-19-25(31(3,4)5)29(26(20-23)32(6,7)8)42(36)38-18-16-15-17-35(39-42)40-43(37,41-35)30-27(33(9,10)11)21-24(2)22-28(30)34(12,13)14/h19-22,36-37H,15-18H2,1-14H3/q+2. The van der Waals surface area contributed by atoms with Crippen LogP contribution in [0.25, 0.3) is 0 Å². The zero-order chi connectivity index (χ0) is 32.6. The molecule has 0 amide bonds. The van der Waals surface area contributed by atoms with Crippen LogP contribution < -0.4 is 10.6 Å². The lowest BCUT2D eigenvalue weighted by molar-refractivity contribution is -0.332. The van der Waals surface area contributed by atoms with Crippen molar-refractivity contribution < 1.29 is 27.9 Å². The van der Waals surface area contributed by atoms with E-state index in [0.29, 0.717) is 31.2 Å². The molecule has 8 heteroatoms. The highest BCUT2D eigenvalue weighted by Gasteiger charge is 2.77. The second kappa shape index (κ2) is 11.1. The maximum Gasteiger partial charge on any atom is 0.458 e. The average Bonchev–Trinajstić information content (AvgIpc) is 2.78. The van der Waals surface area contributed by atoms with Gasteiger partial charge in [0.05, 0.1) is 6.61 Å². The smallest absolute Gasteiger partial charge is 0.188 e. The molecule has 2 heterocycles. The summed E-state index contributed by atoms with van der Waals surface area (Å²) in [6.45, 7) is 30.2. The third-order valence-corrected chi connectivity index (χ3v) is 12.4. The maximum atomic E-state index is 12.6. The summed E-state index contributed by atoms with van der Waals surface area (Å²) >= 11 is 0. The van der Waals surface area contributed by atoms with Gasteiger partial charge in [0.25, 0.3) is 0 Å². The highest BCUT2D eigenvalue weighted by molar-refractivity contribution is 7.70. The van der Waals surface area contributed by atoms with Crippen LogP contribution in [-0.2, 0) is 39.8 Å². The average molecular weight is 635 g/mol. The van der Waals surface area contributed by atoms with E-state index < -0.39 is 21.9 Å². The molecule has 2 N–H and O–H groups in total. The molecule has 2 fully saturated rings. The van der Waals surface area contributed by atoms with Gasteiger partial charge < -0.3 is 0 Å². The van der Waals surface area contributed by atoms with E-state index in [-0.39, 0.29) is 21.7 Å². The summed E-state index contributed by atoms with van der Waals surface area (Å²) in [5.41, 5.74) is 5.09. The summed E-state index contributed by atoms with van der Waals surface area (Å²) < 4.78 is 26.2. The Labute approximate surface area is 262 Å². The minimum Gasteiger partial charge on any atom is -0.188 e. The van der Waals surface area contributed by atoms with Crippen LogP contribution in [0.15, 0.2) is 24.3 Å². The first kappa shape index (κ1) is 34.9. The van der Waals surface area contributed by atoms with E-state index in [4.69, 9.17) is 18.1 Å². The first-order chi connectivity index (χ1) is 19.3. The Balaban J connectivity index is 1.88. The van der Waals surface area contributed by atoms with Crippen molar-refractivity contribution in [3.63, 3.8) is 0 Å². The monoisotopic (exact) mass is 634 g/mol. The molecular formula is C35H56O6P2+2. The van der Waals surface area contributed by atoms with Gasteiger partial charge in [-0.15, -0.1) is 0 Å². The molecule has 0 saturated carbocycles. The quantitative estimate of drug-likeness (QED) is 0.322. The van der Waals surface area contributed by atoms with Gasteiger partial charge in [0.1, 0.15) is 0 Å². The zero-order valence-electron chi connectivity index (χ0n) is 29.1. The van der Waals surface area contributed by atoms with E-state index >= 15 is 0 Å². The SMILES string of the molecule is Cc1cc(C(C)(C)C)c([P+]2(O)OCCCCC3(O2)O[P+](O)(c2c(C(C)(C)C)cc(C)cc2C(C)(C)C)O3)c(C(C)(C)C)c1. The first-order valence-corrected chi connectivity index (χ1v) is 18.8. The number of hydrogen-bond donors (Lipinski definition) is 2. The van der Waals surface area contributed by atoms with E-state index in [1.807, 2.05) is 0 Å². The number of aryl methyl sites for hydroxylation is 2. The fourth-order valence-corrected chi connectivity index (χ4v) is 11.4. The summed E-state index contributed by atoms with van der Waals surface area (Å²) in [5, 5.41) is 1.42. The van der Waals surface area contributed by atoms with E-state index in [0.717, 1.165) is 38.7 Å². The molecular weight excluding hydrogens is 578 g/mol. The van der Waals surface area contributed by atoms with Crippen molar-refractivity contribution in [3.05, 3.63) is 57.6 Å². The maximum absolute atomic E-state index is 12.6. The van der Waals surface area contributed by atoms with Crippen LogP contribution in [-0.4, -0.2) is 22.4 Å². The third-order valence-electron chi connectivity index (χ3n) is 8.24. The van der Waals surface area contributed by atoms with E-state index in [1.165, 1.54) is 0 Å².